The van der Waals surface area contributed by atoms with E-state index in [1.165, 1.54) is 0 Å². The smallest absolute Gasteiger partial charge is 0.342 e. The topological polar surface area (TPSA) is 99.1 Å². The first kappa shape index (κ1) is 27.4. The molecule has 0 bridgehead atoms. The number of ether oxygens (including phenoxy) is 3. The minimum atomic E-state index is -0.648. The average Bonchev–Trinajstić information content (AvgIpc) is 2.86. The number of esters is 2. The van der Waals surface area contributed by atoms with Gasteiger partial charge in [-0.1, -0.05) is 38.1 Å². The summed E-state index contributed by atoms with van der Waals surface area (Å²) in [5, 5.41) is 11.5. The largest absolute Gasteiger partial charge is 0.507 e. The van der Waals surface area contributed by atoms with Crippen LogP contribution < -0.4 is 9.47 Å². The van der Waals surface area contributed by atoms with Crippen LogP contribution >= 0.6 is 0 Å². The Balaban J connectivity index is 1.77. The van der Waals surface area contributed by atoms with Crippen molar-refractivity contribution in [2.75, 3.05) is 6.61 Å². The molecule has 0 aliphatic carbocycles. The second-order valence-corrected chi connectivity index (χ2v) is 10.6. The Hall–Kier alpha value is -3.61. The zero-order valence-corrected chi connectivity index (χ0v) is 22.3. The summed E-state index contributed by atoms with van der Waals surface area (Å²) in [5.41, 5.74) is 1.62. The molecule has 4 rings (SSSR count). The Morgan fingerprint density at radius 1 is 1.11 bits per heavy atom. The predicted molar refractivity (Wildman–Crippen MR) is 144 cm³/mol. The molecule has 38 heavy (non-hydrogen) atoms. The summed E-state index contributed by atoms with van der Waals surface area (Å²) in [6.45, 7) is 6.46. The number of carbonyl (C=O) groups excluding carboxylic acids is 3. The van der Waals surface area contributed by atoms with Gasteiger partial charge in [0.05, 0.1) is 19.1 Å². The Labute approximate surface area is 223 Å². The first-order valence-corrected chi connectivity index (χ1v) is 13.5. The normalized spacial score (nSPS) is 21.5. The molecule has 2 aliphatic heterocycles. The molecule has 2 aromatic rings. The summed E-state index contributed by atoms with van der Waals surface area (Å²) in [7, 11) is 0. The first-order chi connectivity index (χ1) is 18.2. The number of phenolic OH excluding ortho intramolecular Hbond substituents is 1. The highest BCUT2D eigenvalue weighted by atomic mass is 16.5. The number of phenols is 1. The van der Waals surface area contributed by atoms with Crippen molar-refractivity contribution in [1.82, 2.24) is 0 Å². The number of benzene rings is 2. The molecule has 1 N–H and O–H groups in total. The lowest BCUT2D eigenvalue weighted by Crippen LogP contribution is -2.23. The molecule has 0 fully saturated rings. The Morgan fingerprint density at radius 2 is 1.89 bits per heavy atom. The number of hydrogen-bond acceptors (Lipinski definition) is 7. The number of cyclic esters (lactones) is 1. The maximum atomic E-state index is 13.4. The molecule has 2 atom stereocenters. The number of carbonyl (C=O) groups is 3. The van der Waals surface area contributed by atoms with E-state index in [0.717, 1.165) is 5.56 Å². The van der Waals surface area contributed by atoms with Crippen LogP contribution in [0, 0.1) is 5.92 Å². The molecule has 0 saturated carbocycles. The van der Waals surface area contributed by atoms with Crippen molar-refractivity contribution in [1.29, 1.82) is 0 Å². The van der Waals surface area contributed by atoms with Gasteiger partial charge in [-0.05, 0) is 67.9 Å². The van der Waals surface area contributed by atoms with E-state index in [0.29, 0.717) is 67.9 Å². The van der Waals surface area contributed by atoms with Crippen LogP contribution in [0.3, 0.4) is 0 Å². The van der Waals surface area contributed by atoms with Gasteiger partial charge >= 0.3 is 11.9 Å². The quantitative estimate of drug-likeness (QED) is 0.370. The molecule has 0 saturated heterocycles. The molecule has 2 heterocycles. The van der Waals surface area contributed by atoms with E-state index in [9.17, 15) is 19.5 Å². The Bertz CT molecular complexity index is 1230. The van der Waals surface area contributed by atoms with E-state index < -0.39 is 24.0 Å². The molecule has 2 aromatic carbocycles. The van der Waals surface area contributed by atoms with Gasteiger partial charge < -0.3 is 19.3 Å². The van der Waals surface area contributed by atoms with Crippen LogP contribution in [-0.4, -0.2) is 35.5 Å². The number of Topliss-reactive ketones (excluding diaryl/α,β-unsaturated/α-hetero) is 1. The fraction of sp³-hybridized carbons (Fsp3) is 0.452. The molecule has 7 heteroatoms. The zero-order valence-electron chi connectivity index (χ0n) is 22.3. The maximum absolute atomic E-state index is 13.4. The first-order valence-electron chi connectivity index (χ1n) is 13.5. The van der Waals surface area contributed by atoms with E-state index in [2.05, 4.69) is 13.8 Å². The number of allylic oxidation sites excluding steroid dienone is 1. The molecule has 0 radical (unpaired) electrons. The van der Waals surface area contributed by atoms with E-state index in [4.69, 9.17) is 14.2 Å². The average molecular weight is 521 g/mol. The van der Waals surface area contributed by atoms with Gasteiger partial charge in [0.2, 0.25) is 0 Å². The van der Waals surface area contributed by atoms with Gasteiger partial charge in [0.1, 0.15) is 28.6 Å². The second kappa shape index (κ2) is 12.3. The molecule has 2 unspecified atom stereocenters. The van der Waals surface area contributed by atoms with Crippen molar-refractivity contribution < 1.29 is 33.7 Å². The van der Waals surface area contributed by atoms with Crippen molar-refractivity contribution >= 4 is 23.8 Å². The van der Waals surface area contributed by atoms with Crippen molar-refractivity contribution in [3.63, 3.8) is 0 Å². The molecule has 0 amide bonds. The summed E-state index contributed by atoms with van der Waals surface area (Å²) < 4.78 is 17.1. The number of fused-ring (bicyclic) bond motifs is 2. The number of hydrogen-bond donors (Lipinski definition) is 1. The maximum Gasteiger partial charge on any atom is 0.342 e. The molecular formula is C31H36O7. The van der Waals surface area contributed by atoms with Gasteiger partial charge in [0.15, 0.2) is 0 Å². The van der Waals surface area contributed by atoms with E-state index >= 15 is 0 Å². The van der Waals surface area contributed by atoms with Gasteiger partial charge in [-0.2, -0.15) is 0 Å². The highest BCUT2D eigenvalue weighted by Gasteiger charge is 2.35. The zero-order chi connectivity index (χ0) is 27.2. The summed E-state index contributed by atoms with van der Waals surface area (Å²) >= 11 is 0. The minimum absolute atomic E-state index is 0.0162. The second-order valence-electron chi connectivity index (χ2n) is 10.6. The molecular weight excluding hydrogens is 484 g/mol. The lowest BCUT2D eigenvalue weighted by molar-refractivity contribution is -0.135. The number of rotatable bonds is 4. The molecule has 2 aliphatic rings. The van der Waals surface area contributed by atoms with E-state index in [-0.39, 0.29) is 29.3 Å². The molecule has 202 valence electrons. The van der Waals surface area contributed by atoms with Gasteiger partial charge in [-0.25, -0.2) is 4.79 Å². The van der Waals surface area contributed by atoms with Crippen LogP contribution in [0.2, 0.25) is 0 Å². The van der Waals surface area contributed by atoms with Crippen LogP contribution in [0.4, 0.5) is 0 Å². The van der Waals surface area contributed by atoms with Crippen molar-refractivity contribution in [2.24, 2.45) is 5.92 Å². The van der Waals surface area contributed by atoms with Crippen LogP contribution in [0.15, 0.2) is 36.4 Å². The standard InChI is InChI=1S/C31H36O7/c1-19(2)18-36-24-14-8-11-21(15-24)25-17-27(33)38-26-16-22-10-5-4-6-12-23(32)13-7-9-20(3)37-31(35)28(22)30(34)29(25)26/h5,8,10-11,14-16,19-20,25,34H,4,6-7,9,12-13,17-18H2,1-3H3/b10-5+. The lowest BCUT2D eigenvalue weighted by atomic mass is 9.83. The van der Waals surface area contributed by atoms with Crippen LogP contribution in [0.1, 0.15) is 98.7 Å². The van der Waals surface area contributed by atoms with Crippen molar-refractivity contribution in [2.45, 2.75) is 77.7 Å². The van der Waals surface area contributed by atoms with Crippen LogP contribution in [0.25, 0.3) is 6.08 Å². The monoisotopic (exact) mass is 520 g/mol. The SMILES string of the molecule is CC(C)COc1cccc(C2CC(=O)Oc3cc4c(c(O)c32)C(=O)OC(C)CCCC(=O)CCC/C=C/4)c1. The lowest BCUT2D eigenvalue weighted by Gasteiger charge is -2.28. The van der Waals surface area contributed by atoms with E-state index in [1.807, 2.05) is 30.3 Å². The predicted octanol–water partition coefficient (Wildman–Crippen LogP) is 6.35. The highest BCUT2D eigenvalue weighted by Crippen LogP contribution is 2.47. The summed E-state index contributed by atoms with van der Waals surface area (Å²) in [6.07, 6.45) is 6.67. The fourth-order valence-corrected chi connectivity index (χ4v) is 4.89. The summed E-state index contributed by atoms with van der Waals surface area (Å²) in [4.78, 5) is 38.1. The molecule has 7 nitrogen and oxygen atoms in total. The Morgan fingerprint density at radius 3 is 2.68 bits per heavy atom. The van der Waals surface area contributed by atoms with Crippen LogP contribution in [-0.2, 0) is 14.3 Å². The summed E-state index contributed by atoms with van der Waals surface area (Å²) in [6, 6.07) is 9.07. The highest BCUT2D eigenvalue weighted by molar-refractivity contribution is 5.98. The number of ketones is 1. The van der Waals surface area contributed by atoms with Gasteiger partial charge in [0, 0.05) is 24.3 Å². The minimum Gasteiger partial charge on any atom is -0.507 e. The summed E-state index contributed by atoms with van der Waals surface area (Å²) in [5.74, 6) is -0.384. The van der Waals surface area contributed by atoms with Gasteiger partial charge in [0.25, 0.3) is 0 Å². The van der Waals surface area contributed by atoms with Crippen LogP contribution in [0.5, 0.6) is 17.2 Å². The number of aromatic hydroxyl groups is 1. The molecule has 0 spiro atoms. The Kier molecular flexibility index (Phi) is 8.87. The van der Waals surface area contributed by atoms with Gasteiger partial charge in [-0.15, -0.1) is 0 Å². The van der Waals surface area contributed by atoms with Crippen molar-refractivity contribution in [3.05, 3.63) is 58.7 Å². The van der Waals surface area contributed by atoms with Gasteiger partial charge in [-0.3, -0.25) is 9.59 Å². The van der Waals surface area contributed by atoms with E-state index in [1.54, 1.807) is 19.1 Å². The molecule has 0 aromatic heterocycles. The fourth-order valence-electron chi connectivity index (χ4n) is 4.89. The third kappa shape index (κ3) is 6.63. The van der Waals surface area contributed by atoms with Crippen molar-refractivity contribution in [3.8, 4) is 17.2 Å². The third-order valence-electron chi connectivity index (χ3n) is 6.82. The third-order valence-corrected chi connectivity index (χ3v) is 6.82.